The summed E-state index contributed by atoms with van der Waals surface area (Å²) in [5, 5.41) is 3.28. The van der Waals surface area contributed by atoms with Gasteiger partial charge in [-0.1, -0.05) is 12.1 Å². The maximum absolute atomic E-state index is 12.4. The van der Waals surface area contributed by atoms with Gasteiger partial charge in [0.25, 0.3) is 5.91 Å². The van der Waals surface area contributed by atoms with Crippen molar-refractivity contribution in [1.82, 2.24) is 5.32 Å². The summed E-state index contributed by atoms with van der Waals surface area (Å²) in [6, 6.07) is 7.89. The monoisotopic (exact) mass is 329 g/mol. The van der Waals surface area contributed by atoms with Gasteiger partial charge in [0.05, 0.1) is 6.61 Å². The fourth-order valence-electron chi connectivity index (χ4n) is 5.38. The summed E-state index contributed by atoms with van der Waals surface area (Å²) in [5.41, 5.74) is 0. The van der Waals surface area contributed by atoms with Crippen LogP contribution in [0.2, 0.25) is 0 Å². The van der Waals surface area contributed by atoms with Gasteiger partial charge in [0.1, 0.15) is 0 Å². The highest BCUT2D eigenvalue weighted by Gasteiger charge is 2.48. The molecule has 0 aliphatic heterocycles. The topological polar surface area (TPSA) is 47.6 Å². The summed E-state index contributed by atoms with van der Waals surface area (Å²) in [6.07, 6.45) is 6.68. The lowest BCUT2D eigenvalue weighted by molar-refractivity contribution is -0.127. The molecule has 4 heteroatoms. The fourth-order valence-corrected chi connectivity index (χ4v) is 5.38. The fraction of sp³-hybridized carbons (Fsp3) is 0.650. The Morgan fingerprint density at radius 3 is 2.17 bits per heavy atom. The third-order valence-electron chi connectivity index (χ3n) is 6.06. The quantitative estimate of drug-likeness (QED) is 0.870. The summed E-state index contributed by atoms with van der Waals surface area (Å²) in [5.74, 6) is 4.58. The van der Waals surface area contributed by atoms with Crippen LogP contribution in [0.15, 0.2) is 24.3 Å². The number of ether oxygens (including phenoxy) is 2. The van der Waals surface area contributed by atoms with E-state index in [1.807, 2.05) is 31.2 Å². The lowest BCUT2D eigenvalue weighted by atomic mass is 9.54. The highest BCUT2D eigenvalue weighted by Crippen LogP contribution is 2.53. The van der Waals surface area contributed by atoms with Gasteiger partial charge in [-0.3, -0.25) is 4.79 Å². The summed E-state index contributed by atoms with van der Waals surface area (Å²) < 4.78 is 11.2. The van der Waals surface area contributed by atoms with Crippen LogP contribution >= 0.6 is 0 Å². The Kier molecular flexibility index (Phi) is 4.38. The number of carbonyl (C=O) groups is 1. The second-order valence-electron chi connectivity index (χ2n) is 7.69. The van der Waals surface area contributed by atoms with Crippen LogP contribution in [0.4, 0.5) is 0 Å². The molecule has 1 aromatic carbocycles. The van der Waals surface area contributed by atoms with E-state index in [0.29, 0.717) is 36.0 Å². The number of carbonyl (C=O) groups excluding carboxylic acids is 1. The van der Waals surface area contributed by atoms with Crippen molar-refractivity contribution in [2.24, 2.45) is 23.7 Å². The minimum atomic E-state index is -0.00113. The predicted octanol–water partition coefficient (Wildman–Crippen LogP) is 3.41. The Labute approximate surface area is 143 Å². The van der Waals surface area contributed by atoms with Gasteiger partial charge < -0.3 is 14.8 Å². The minimum absolute atomic E-state index is 0.00113. The number of nitrogens with one attached hydrogen (secondary N) is 1. The van der Waals surface area contributed by atoms with Gasteiger partial charge in [0.2, 0.25) is 0 Å². The van der Waals surface area contributed by atoms with E-state index in [-0.39, 0.29) is 12.5 Å². The van der Waals surface area contributed by atoms with E-state index in [2.05, 4.69) is 5.32 Å². The van der Waals surface area contributed by atoms with E-state index in [0.717, 1.165) is 11.8 Å². The summed E-state index contributed by atoms with van der Waals surface area (Å²) in [4.78, 5) is 12.4. The number of benzene rings is 1. The van der Waals surface area contributed by atoms with Crippen LogP contribution in [-0.4, -0.2) is 25.2 Å². The van der Waals surface area contributed by atoms with Gasteiger partial charge in [0.15, 0.2) is 18.1 Å². The molecule has 4 bridgehead atoms. The molecule has 4 aliphatic carbocycles. The molecule has 4 saturated carbocycles. The zero-order valence-corrected chi connectivity index (χ0v) is 14.4. The van der Waals surface area contributed by atoms with Gasteiger partial charge in [-0.05, 0) is 74.8 Å². The highest BCUT2D eigenvalue weighted by atomic mass is 16.5. The van der Waals surface area contributed by atoms with E-state index in [1.54, 1.807) is 0 Å². The van der Waals surface area contributed by atoms with Crippen molar-refractivity contribution >= 4 is 5.91 Å². The summed E-state index contributed by atoms with van der Waals surface area (Å²) in [6.45, 7) is 2.59. The average Bonchev–Trinajstić information content (AvgIpc) is 2.57. The third-order valence-corrected chi connectivity index (χ3v) is 6.06. The molecular formula is C20H27NO3. The SMILES string of the molecule is CCOc1ccccc1OCC(=O)NC1C2CC3CC(C2)CC1C3. The molecule has 5 rings (SSSR count). The van der Waals surface area contributed by atoms with E-state index in [4.69, 9.17) is 9.47 Å². The van der Waals surface area contributed by atoms with Crippen molar-refractivity contribution in [2.45, 2.75) is 45.1 Å². The zero-order chi connectivity index (χ0) is 16.5. The van der Waals surface area contributed by atoms with Crippen molar-refractivity contribution in [3.63, 3.8) is 0 Å². The number of hydrogen-bond acceptors (Lipinski definition) is 3. The molecule has 1 amide bonds. The normalized spacial score (nSPS) is 33.3. The van der Waals surface area contributed by atoms with Crippen LogP contribution in [0.3, 0.4) is 0 Å². The molecule has 0 aromatic heterocycles. The van der Waals surface area contributed by atoms with Gasteiger partial charge in [-0.15, -0.1) is 0 Å². The molecular weight excluding hydrogens is 302 g/mol. The molecule has 1 N–H and O–H groups in total. The van der Waals surface area contributed by atoms with Gasteiger partial charge in [-0.25, -0.2) is 0 Å². The molecule has 0 unspecified atom stereocenters. The number of hydrogen-bond donors (Lipinski definition) is 1. The van der Waals surface area contributed by atoms with Gasteiger partial charge in [0, 0.05) is 6.04 Å². The highest BCUT2D eigenvalue weighted by molar-refractivity contribution is 5.78. The molecule has 0 radical (unpaired) electrons. The third kappa shape index (κ3) is 3.11. The van der Waals surface area contributed by atoms with Crippen molar-refractivity contribution in [3.05, 3.63) is 24.3 Å². The number of para-hydroxylation sites is 2. The van der Waals surface area contributed by atoms with E-state index in [1.165, 1.54) is 32.1 Å². The van der Waals surface area contributed by atoms with Crippen molar-refractivity contribution in [1.29, 1.82) is 0 Å². The molecule has 4 fully saturated rings. The molecule has 0 saturated heterocycles. The Balaban J connectivity index is 1.33. The van der Waals surface area contributed by atoms with Crippen molar-refractivity contribution in [2.75, 3.05) is 13.2 Å². The Bertz CT molecular complexity index is 572. The smallest absolute Gasteiger partial charge is 0.258 e. The van der Waals surface area contributed by atoms with Crippen LogP contribution in [-0.2, 0) is 4.79 Å². The second-order valence-corrected chi connectivity index (χ2v) is 7.69. The first kappa shape index (κ1) is 15.8. The maximum atomic E-state index is 12.4. The summed E-state index contributed by atoms with van der Waals surface area (Å²) in [7, 11) is 0. The Hall–Kier alpha value is -1.71. The Morgan fingerprint density at radius 1 is 1.00 bits per heavy atom. The molecule has 4 aliphatic rings. The van der Waals surface area contributed by atoms with Crippen LogP contribution in [0, 0.1) is 23.7 Å². The molecule has 24 heavy (non-hydrogen) atoms. The lowest BCUT2D eigenvalue weighted by Crippen LogP contribution is -2.56. The van der Waals surface area contributed by atoms with Gasteiger partial charge >= 0.3 is 0 Å². The van der Waals surface area contributed by atoms with Crippen molar-refractivity contribution in [3.8, 4) is 11.5 Å². The lowest BCUT2D eigenvalue weighted by Gasteiger charge is -2.54. The maximum Gasteiger partial charge on any atom is 0.258 e. The Morgan fingerprint density at radius 2 is 1.58 bits per heavy atom. The van der Waals surface area contributed by atoms with Crippen molar-refractivity contribution < 1.29 is 14.3 Å². The van der Waals surface area contributed by atoms with Gasteiger partial charge in [-0.2, -0.15) is 0 Å². The molecule has 1 aromatic rings. The second kappa shape index (κ2) is 6.66. The number of amides is 1. The van der Waals surface area contributed by atoms with E-state index < -0.39 is 0 Å². The molecule has 4 nitrogen and oxygen atoms in total. The standard InChI is InChI=1S/C20H27NO3/c1-2-23-17-5-3-4-6-18(17)24-12-19(22)21-20-15-8-13-7-14(10-15)11-16(20)9-13/h3-6,13-16,20H,2,7-12H2,1H3,(H,21,22). The molecule has 0 atom stereocenters. The zero-order valence-electron chi connectivity index (χ0n) is 14.4. The first-order chi connectivity index (χ1) is 11.7. The van der Waals surface area contributed by atoms with E-state index in [9.17, 15) is 4.79 Å². The molecule has 0 spiro atoms. The first-order valence-electron chi connectivity index (χ1n) is 9.37. The summed E-state index contributed by atoms with van der Waals surface area (Å²) >= 11 is 0. The largest absolute Gasteiger partial charge is 0.490 e. The van der Waals surface area contributed by atoms with Crippen LogP contribution in [0.5, 0.6) is 11.5 Å². The van der Waals surface area contributed by atoms with E-state index >= 15 is 0 Å². The molecule has 0 heterocycles. The predicted molar refractivity (Wildman–Crippen MR) is 92.1 cm³/mol. The van der Waals surface area contributed by atoms with Crippen LogP contribution in [0.25, 0.3) is 0 Å². The van der Waals surface area contributed by atoms with Crippen LogP contribution in [0.1, 0.15) is 39.0 Å². The number of rotatable bonds is 6. The first-order valence-corrected chi connectivity index (χ1v) is 9.37. The average molecular weight is 329 g/mol. The van der Waals surface area contributed by atoms with Crippen LogP contribution < -0.4 is 14.8 Å². The molecule has 130 valence electrons. The minimum Gasteiger partial charge on any atom is -0.490 e.